The third-order valence-corrected chi connectivity index (χ3v) is 2.68. The average Bonchev–Trinajstić information content (AvgIpc) is 2.31. The highest BCUT2D eigenvalue weighted by molar-refractivity contribution is 5.96. The van der Waals surface area contributed by atoms with Crippen LogP contribution in [0.5, 0.6) is 0 Å². The van der Waals surface area contributed by atoms with Gasteiger partial charge < -0.3 is 20.9 Å². The Kier molecular flexibility index (Phi) is 8.62. The van der Waals surface area contributed by atoms with Crippen molar-refractivity contribution < 1.29 is 9.84 Å². The fourth-order valence-electron chi connectivity index (χ4n) is 1.27. The summed E-state index contributed by atoms with van der Waals surface area (Å²) in [6.45, 7) is 7.09. The Morgan fingerprint density at radius 1 is 1.44 bits per heavy atom. The maximum atomic E-state index is 9.25. The third-order valence-electron chi connectivity index (χ3n) is 2.68. The molecular weight excluding hydrogens is 230 g/mol. The van der Waals surface area contributed by atoms with Crippen LogP contribution in [0, 0.1) is 11.8 Å². The van der Waals surface area contributed by atoms with Gasteiger partial charge in [-0.2, -0.15) is 0 Å². The molecule has 0 saturated heterocycles. The van der Waals surface area contributed by atoms with E-state index < -0.39 is 6.23 Å². The van der Waals surface area contributed by atoms with Gasteiger partial charge in [0.1, 0.15) is 6.23 Å². The number of aliphatic hydroxyl groups excluding tert-OH is 1. The fourth-order valence-corrected chi connectivity index (χ4v) is 1.27. The highest BCUT2D eigenvalue weighted by Crippen LogP contribution is 2.05. The summed E-state index contributed by atoms with van der Waals surface area (Å²) in [7, 11) is 3.51. The molecule has 0 spiro atoms. The topological polar surface area (TPSA) is 79.9 Å². The lowest BCUT2D eigenvalue weighted by molar-refractivity contribution is 0.127. The molecular formula is C13H27N3O2. The van der Waals surface area contributed by atoms with Crippen LogP contribution in [0.2, 0.25) is 0 Å². The molecule has 0 bridgehead atoms. The molecule has 2 atom stereocenters. The first-order valence-corrected chi connectivity index (χ1v) is 6.27. The number of nitrogens with one attached hydrogen (secondary N) is 1. The molecule has 0 aromatic heterocycles. The summed E-state index contributed by atoms with van der Waals surface area (Å²) in [4.78, 5) is 4.52. The summed E-state index contributed by atoms with van der Waals surface area (Å²) >= 11 is 0. The summed E-state index contributed by atoms with van der Waals surface area (Å²) in [5, 5.41) is 12.3. The zero-order chi connectivity index (χ0) is 14.1. The number of hydrogen-bond acceptors (Lipinski definition) is 5. The third kappa shape index (κ3) is 6.74. The van der Waals surface area contributed by atoms with Gasteiger partial charge in [-0.1, -0.05) is 20.8 Å². The van der Waals surface area contributed by atoms with Crippen molar-refractivity contribution in [3.63, 3.8) is 0 Å². The largest absolute Gasteiger partial charge is 0.389 e. The van der Waals surface area contributed by atoms with Crippen LogP contribution < -0.4 is 11.1 Å². The van der Waals surface area contributed by atoms with Gasteiger partial charge in [0, 0.05) is 38.0 Å². The van der Waals surface area contributed by atoms with Crippen molar-refractivity contribution in [3.05, 3.63) is 11.8 Å². The molecule has 5 heteroatoms. The minimum atomic E-state index is -0.825. The predicted octanol–water partition coefficient (Wildman–Crippen LogP) is 0.746. The summed E-state index contributed by atoms with van der Waals surface area (Å²) in [5.74, 6) is 0.264. The second-order valence-electron chi connectivity index (χ2n) is 4.74. The molecule has 0 aromatic carbocycles. The second kappa shape index (κ2) is 9.08. The van der Waals surface area contributed by atoms with Gasteiger partial charge in [0.05, 0.1) is 6.61 Å². The Morgan fingerprint density at radius 3 is 2.44 bits per heavy atom. The standard InChI is InChI=1S/C13H27N3O2/c1-9(2)12(6-11(15-4)8-18-5)16-7-10(3)13(14)17/h6,9-10,13,15,17H,7-8,14H2,1-5H3/b11-6-,16-12?. The smallest absolute Gasteiger partial charge is 0.106 e. The predicted molar refractivity (Wildman–Crippen MR) is 75.5 cm³/mol. The number of nitrogens with zero attached hydrogens (tertiary/aromatic N) is 1. The summed E-state index contributed by atoms with van der Waals surface area (Å²) in [6.07, 6.45) is 1.16. The van der Waals surface area contributed by atoms with Crippen LogP contribution in [0.15, 0.2) is 16.8 Å². The zero-order valence-electron chi connectivity index (χ0n) is 12.1. The van der Waals surface area contributed by atoms with Crippen LogP contribution in [-0.4, -0.2) is 44.4 Å². The number of hydrogen-bond donors (Lipinski definition) is 3. The van der Waals surface area contributed by atoms with E-state index in [1.165, 1.54) is 0 Å². The molecule has 0 aromatic rings. The molecule has 106 valence electrons. The van der Waals surface area contributed by atoms with E-state index in [-0.39, 0.29) is 5.92 Å². The fraction of sp³-hybridized carbons (Fsp3) is 0.769. The molecule has 18 heavy (non-hydrogen) atoms. The van der Waals surface area contributed by atoms with Crippen molar-refractivity contribution in [2.24, 2.45) is 22.6 Å². The number of nitrogens with two attached hydrogens (primary N) is 1. The van der Waals surface area contributed by atoms with E-state index in [0.717, 1.165) is 11.4 Å². The summed E-state index contributed by atoms with van der Waals surface area (Å²) in [5.41, 5.74) is 7.37. The highest BCUT2D eigenvalue weighted by atomic mass is 16.5. The Bertz CT molecular complexity index is 286. The highest BCUT2D eigenvalue weighted by Gasteiger charge is 2.10. The van der Waals surface area contributed by atoms with Gasteiger partial charge in [0.15, 0.2) is 0 Å². The van der Waals surface area contributed by atoms with Gasteiger partial charge in [-0.15, -0.1) is 0 Å². The number of aliphatic imine (C=N–C) groups is 1. The number of ether oxygens (including phenoxy) is 1. The van der Waals surface area contributed by atoms with E-state index in [2.05, 4.69) is 24.2 Å². The Balaban J connectivity index is 4.79. The van der Waals surface area contributed by atoms with Crippen molar-refractivity contribution in [1.29, 1.82) is 0 Å². The van der Waals surface area contributed by atoms with Gasteiger partial charge >= 0.3 is 0 Å². The maximum absolute atomic E-state index is 9.25. The first-order valence-electron chi connectivity index (χ1n) is 6.27. The molecule has 2 unspecified atom stereocenters. The van der Waals surface area contributed by atoms with Gasteiger partial charge in [-0.25, -0.2) is 0 Å². The van der Waals surface area contributed by atoms with Gasteiger partial charge in [-0.05, 0) is 12.0 Å². The monoisotopic (exact) mass is 257 g/mol. The van der Waals surface area contributed by atoms with Crippen molar-refractivity contribution in [3.8, 4) is 0 Å². The van der Waals surface area contributed by atoms with Gasteiger partial charge in [-0.3, -0.25) is 4.99 Å². The SMILES string of the molecule is CN/C(=C\C(=NCC(C)C(N)O)C(C)C)COC. The zero-order valence-corrected chi connectivity index (χ0v) is 12.1. The molecule has 0 fully saturated rings. The first kappa shape index (κ1) is 17.1. The van der Waals surface area contributed by atoms with E-state index in [4.69, 9.17) is 10.5 Å². The van der Waals surface area contributed by atoms with E-state index in [9.17, 15) is 5.11 Å². The lowest BCUT2D eigenvalue weighted by atomic mass is 10.1. The number of aliphatic hydroxyl groups is 1. The summed E-state index contributed by atoms with van der Waals surface area (Å²) < 4.78 is 5.09. The van der Waals surface area contributed by atoms with Gasteiger partial charge in [0.25, 0.3) is 0 Å². The minimum Gasteiger partial charge on any atom is -0.389 e. The molecule has 0 saturated carbocycles. The number of rotatable bonds is 8. The van der Waals surface area contributed by atoms with Crippen LogP contribution >= 0.6 is 0 Å². The van der Waals surface area contributed by atoms with Crippen molar-refractivity contribution in [2.75, 3.05) is 27.3 Å². The van der Waals surface area contributed by atoms with Crippen molar-refractivity contribution >= 4 is 5.71 Å². The Morgan fingerprint density at radius 2 is 2.06 bits per heavy atom. The summed E-state index contributed by atoms with van der Waals surface area (Å²) in [6, 6.07) is 0. The second-order valence-corrected chi connectivity index (χ2v) is 4.74. The van der Waals surface area contributed by atoms with Crippen LogP contribution in [0.1, 0.15) is 20.8 Å². The Hall–Kier alpha value is -0.910. The first-order chi connectivity index (χ1) is 8.42. The van der Waals surface area contributed by atoms with Crippen LogP contribution in [0.3, 0.4) is 0 Å². The molecule has 4 N–H and O–H groups in total. The number of likely N-dealkylation sites (N-methyl/N-ethyl adjacent to an activating group) is 1. The average molecular weight is 257 g/mol. The van der Waals surface area contributed by atoms with Crippen molar-refractivity contribution in [2.45, 2.75) is 27.0 Å². The molecule has 0 radical (unpaired) electrons. The molecule has 0 aliphatic rings. The minimum absolute atomic E-state index is 0.0485. The van der Waals surface area contributed by atoms with E-state index in [1.807, 2.05) is 20.0 Å². The van der Waals surface area contributed by atoms with E-state index >= 15 is 0 Å². The molecule has 0 aliphatic carbocycles. The van der Waals surface area contributed by atoms with Crippen molar-refractivity contribution in [1.82, 2.24) is 5.32 Å². The molecule has 0 heterocycles. The quantitative estimate of drug-likeness (QED) is 0.443. The van der Waals surface area contributed by atoms with Gasteiger partial charge in [0.2, 0.25) is 0 Å². The van der Waals surface area contributed by atoms with Crippen LogP contribution in [-0.2, 0) is 4.74 Å². The molecule has 0 rings (SSSR count). The number of allylic oxidation sites excluding steroid dienone is 1. The van der Waals surface area contributed by atoms with E-state index in [0.29, 0.717) is 19.1 Å². The van der Waals surface area contributed by atoms with E-state index in [1.54, 1.807) is 7.11 Å². The lowest BCUT2D eigenvalue weighted by Crippen LogP contribution is -2.29. The molecule has 0 amide bonds. The Labute approximate surface area is 110 Å². The normalized spacial score (nSPS) is 16.9. The molecule has 0 aliphatic heterocycles. The van der Waals surface area contributed by atoms with Crippen LogP contribution in [0.4, 0.5) is 0 Å². The van der Waals surface area contributed by atoms with Crippen LogP contribution in [0.25, 0.3) is 0 Å². The molecule has 5 nitrogen and oxygen atoms in total. The lowest BCUT2D eigenvalue weighted by Gasteiger charge is -2.14. The number of methoxy groups -OCH3 is 1. The maximum Gasteiger partial charge on any atom is 0.106 e.